The Morgan fingerprint density at radius 2 is 1.60 bits per heavy atom. The maximum Gasteiger partial charge on any atom is 0.338 e. The minimum absolute atomic E-state index is 0.0270. The molecule has 2 rings (SSSR count). The fourth-order valence-electron chi connectivity index (χ4n) is 2.60. The Hall–Kier alpha value is -2.42. The molecule has 9 heteroatoms. The smallest absolute Gasteiger partial charge is 0.338 e. The molecule has 0 aliphatic carbocycles. The second-order valence-electron chi connectivity index (χ2n) is 7.64. The summed E-state index contributed by atoms with van der Waals surface area (Å²) < 4.78 is 38.4. The SMILES string of the molecule is COc1ccc(C(=O)OC(C)C(=O)c2ccc(Cl)cc2)cc1S(=O)(=O)NC(C)(C)C. The zero-order chi connectivity index (χ0) is 22.7. The summed E-state index contributed by atoms with van der Waals surface area (Å²) in [5, 5.41) is 0.479. The van der Waals surface area contributed by atoms with Gasteiger partial charge in [-0.05, 0) is 70.2 Å². The van der Waals surface area contributed by atoms with Gasteiger partial charge in [0, 0.05) is 16.1 Å². The van der Waals surface area contributed by atoms with Gasteiger partial charge in [-0.1, -0.05) is 11.6 Å². The first kappa shape index (κ1) is 23.9. The van der Waals surface area contributed by atoms with Crippen LogP contribution in [0.15, 0.2) is 47.4 Å². The van der Waals surface area contributed by atoms with E-state index in [1.165, 1.54) is 38.3 Å². The largest absolute Gasteiger partial charge is 0.495 e. The van der Waals surface area contributed by atoms with Crippen LogP contribution < -0.4 is 9.46 Å². The van der Waals surface area contributed by atoms with Crippen molar-refractivity contribution in [2.45, 2.75) is 44.2 Å². The van der Waals surface area contributed by atoms with Gasteiger partial charge in [-0.2, -0.15) is 0 Å². The molecule has 1 N–H and O–H groups in total. The Bertz CT molecular complexity index is 1040. The van der Waals surface area contributed by atoms with Crippen LogP contribution in [0.5, 0.6) is 5.75 Å². The van der Waals surface area contributed by atoms with Crippen molar-refractivity contribution in [2.24, 2.45) is 0 Å². The van der Waals surface area contributed by atoms with Gasteiger partial charge in [-0.3, -0.25) is 4.79 Å². The quantitative estimate of drug-likeness (QED) is 0.505. The van der Waals surface area contributed by atoms with Crippen LogP contribution in [0.1, 0.15) is 48.4 Å². The van der Waals surface area contributed by atoms with Gasteiger partial charge in [0.1, 0.15) is 10.6 Å². The van der Waals surface area contributed by atoms with Crippen LogP contribution in [-0.4, -0.2) is 38.9 Å². The first-order chi connectivity index (χ1) is 13.8. The van der Waals surface area contributed by atoms with E-state index in [0.717, 1.165) is 6.07 Å². The molecular formula is C21H24ClNO6S. The lowest BCUT2D eigenvalue weighted by molar-refractivity contribution is 0.0318. The number of nitrogens with one attached hydrogen (secondary N) is 1. The zero-order valence-electron chi connectivity index (χ0n) is 17.4. The molecular weight excluding hydrogens is 430 g/mol. The maximum absolute atomic E-state index is 12.7. The van der Waals surface area contributed by atoms with Gasteiger partial charge in [0.05, 0.1) is 12.7 Å². The van der Waals surface area contributed by atoms with Crippen molar-refractivity contribution < 1.29 is 27.5 Å². The number of sulfonamides is 1. The van der Waals surface area contributed by atoms with Gasteiger partial charge in [0.2, 0.25) is 15.8 Å². The van der Waals surface area contributed by atoms with Crippen LogP contribution in [0.25, 0.3) is 0 Å². The molecule has 0 aliphatic heterocycles. The highest BCUT2D eigenvalue weighted by molar-refractivity contribution is 7.89. The molecule has 162 valence electrons. The van der Waals surface area contributed by atoms with Gasteiger partial charge in [0.25, 0.3) is 0 Å². The van der Waals surface area contributed by atoms with E-state index in [1.54, 1.807) is 32.9 Å². The summed E-state index contributed by atoms with van der Waals surface area (Å²) in [6.45, 7) is 6.52. The number of esters is 1. The number of hydrogen-bond acceptors (Lipinski definition) is 6. The Balaban J connectivity index is 2.27. The second kappa shape index (κ2) is 9.16. The standard InChI is InChI=1S/C21H24ClNO6S/c1-13(19(24)14-6-9-16(22)10-7-14)29-20(25)15-8-11-17(28-5)18(12-15)30(26,27)23-21(2,3)4/h6-13,23H,1-5H3. The molecule has 1 atom stereocenters. The molecule has 2 aromatic carbocycles. The third-order valence-corrected chi connectivity index (χ3v) is 5.94. The normalized spacial score (nSPS) is 12.9. The number of carbonyl (C=O) groups excluding carboxylic acids is 2. The number of hydrogen-bond donors (Lipinski definition) is 1. The second-order valence-corrected chi connectivity index (χ2v) is 9.73. The third kappa shape index (κ3) is 6.04. The van der Waals surface area contributed by atoms with Crippen molar-refractivity contribution in [1.29, 1.82) is 0 Å². The molecule has 0 aromatic heterocycles. The minimum atomic E-state index is -3.97. The van der Waals surface area contributed by atoms with Crippen molar-refractivity contribution in [3.63, 3.8) is 0 Å². The summed E-state index contributed by atoms with van der Waals surface area (Å²) in [6.07, 6.45) is -1.08. The Kier molecular flexibility index (Phi) is 7.28. The first-order valence-electron chi connectivity index (χ1n) is 9.07. The Morgan fingerprint density at radius 3 is 2.13 bits per heavy atom. The van der Waals surface area contributed by atoms with Crippen LogP contribution in [0.4, 0.5) is 0 Å². The van der Waals surface area contributed by atoms with Crippen molar-refractivity contribution in [1.82, 2.24) is 4.72 Å². The number of carbonyl (C=O) groups is 2. The third-order valence-electron chi connectivity index (χ3n) is 3.91. The number of ether oxygens (including phenoxy) is 2. The van der Waals surface area contributed by atoms with E-state index in [2.05, 4.69) is 4.72 Å². The highest BCUT2D eigenvalue weighted by Crippen LogP contribution is 2.26. The zero-order valence-corrected chi connectivity index (χ0v) is 18.9. The van der Waals surface area contributed by atoms with Gasteiger partial charge in [-0.15, -0.1) is 0 Å². The summed E-state index contributed by atoms with van der Waals surface area (Å²) in [5.41, 5.74) is -0.423. The van der Waals surface area contributed by atoms with E-state index in [-0.39, 0.29) is 16.2 Å². The summed E-state index contributed by atoms with van der Waals surface area (Å²) >= 11 is 5.82. The van der Waals surface area contributed by atoms with Crippen LogP contribution in [0.2, 0.25) is 5.02 Å². The van der Waals surface area contributed by atoms with Gasteiger partial charge >= 0.3 is 5.97 Å². The van der Waals surface area contributed by atoms with E-state index < -0.39 is 33.4 Å². The lowest BCUT2D eigenvalue weighted by atomic mass is 10.1. The molecule has 0 heterocycles. The topological polar surface area (TPSA) is 98.8 Å². The van der Waals surface area contributed by atoms with Crippen LogP contribution in [0, 0.1) is 0 Å². The van der Waals surface area contributed by atoms with E-state index in [4.69, 9.17) is 21.1 Å². The molecule has 0 spiro atoms. The number of halogens is 1. The molecule has 0 radical (unpaired) electrons. The minimum Gasteiger partial charge on any atom is -0.495 e. The van der Waals surface area contributed by atoms with Crippen LogP contribution in [-0.2, 0) is 14.8 Å². The van der Waals surface area contributed by atoms with Crippen LogP contribution in [0.3, 0.4) is 0 Å². The predicted octanol–water partition coefficient (Wildman–Crippen LogP) is 3.85. The molecule has 7 nitrogen and oxygen atoms in total. The maximum atomic E-state index is 12.7. The van der Waals surface area contributed by atoms with Gasteiger partial charge in [-0.25, -0.2) is 17.9 Å². The lowest BCUT2D eigenvalue weighted by Crippen LogP contribution is -2.40. The number of benzene rings is 2. The average molecular weight is 454 g/mol. The highest BCUT2D eigenvalue weighted by Gasteiger charge is 2.27. The predicted molar refractivity (Wildman–Crippen MR) is 114 cm³/mol. The molecule has 0 saturated heterocycles. The van der Waals surface area contributed by atoms with Gasteiger partial charge < -0.3 is 9.47 Å². The van der Waals surface area contributed by atoms with Crippen molar-refractivity contribution >= 4 is 33.4 Å². The van der Waals surface area contributed by atoms with Crippen molar-refractivity contribution in [2.75, 3.05) is 7.11 Å². The van der Waals surface area contributed by atoms with Crippen molar-refractivity contribution in [3.8, 4) is 5.75 Å². The van der Waals surface area contributed by atoms with E-state index >= 15 is 0 Å². The Labute approximate surface area is 181 Å². The molecule has 1 unspecified atom stereocenters. The number of Topliss-reactive ketones (excluding diaryl/α,β-unsaturated/α-hetero) is 1. The molecule has 2 aromatic rings. The fraction of sp³-hybridized carbons (Fsp3) is 0.333. The molecule has 0 bridgehead atoms. The molecule has 30 heavy (non-hydrogen) atoms. The van der Waals surface area contributed by atoms with E-state index in [1.807, 2.05) is 0 Å². The molecule has 0 fully saturated rings. The highest BCUT2D eigenvalue weighted by atomic mass is 35.5. The van der Waals surface area contributed by atoms with Crippen LogP contribution >= 0.6 is 11.6 Å². The molecule has 0 saturated carbocycles. The summed E-state index contributed by atoms with van der Waals surface area (Å²) in [7, 11) is -2.64. The van der Waals surface area contributed by atoms with Crippen molar-refractivity contribution in [3.05, 3.63) is 58.6 Å². The van der Waals surface area contributed by atoms with E-state index in [0.29, 0.717) is 10.6 Å². The first-order valence-corrected chi connectivity index (χ1v) is 10.9. The Morgan fingerprint density at radius 1 is 1.03 bits per heavy atom. The molecule has 0 amide bonds. The average Bonchev–Trinajstić information content (AvgIpc) is 2.65. The summed E-state index contributed by atoms with van der Waals surface area (Å²) in [6, 6.07) is 10.1. The summed E-state index contributed by atoms with van der Waals surface area (Å²) in [4.78, 5) is 24.8. The number of methoxy groups -OCH3 is 1. The van der Waals surface area contributed by atoms with E-state index in [9.17, 15) is 18.0 Å². The fourth-order valence-corrected chi connectivity index (χ4v) is 4.34. The monoisotopic (exact) mass is 453 g/mol. The molecule has 0 aliphatic rings. The number of rotatable bonds is 7. The number of ketones is 1. The van der Waals surface area contributed by atoms with Gasteiger partial charge in [0.15, 0.2) is 6.10 Å². The summed E-state index contributed by atoms with van der Waals surface area (Å²) in [5.74, 6) is -1.16. The lowest BCUT2D eigenvalue weighted by Gasteiger charge is -2.21.